The SMILES string of the molecule is CCCCCCCCCCCCC=CBr. The first-order valence-electron chi connectivity index (χ1n) is 6.67. The van der Waals surface area contributed by atoms with E-state index in [0.29, 0.717) is 0 Å². The monoisotopic (exact) mass is 274 g/mol. The number of hydrogen-bond acceptors (Lipinski definition) is 0. The Morgan fingerprint density at radius 2 is 1.20 bits per heavy atom. The highest BCUT2D eigenvalue weighted by Gasteiger charge is 1.91. The Morgan fingerprint density at radius 3 is 1.67 bits per heavy atom. The number of halogens is 1. The second kappa shape index (κ2) is 14.2. The molecule has 0 atom stereocenters. The van der Waals surface area contributed by atoms with Gasteiger partial charge in [0.05, 0.1) is 0 Å². The van der Waals surface area contributed by atoms with E-state index in [9.17, 15) is 0 Å². The zero-order valence-electron chi connectivity index (χ0n) is 10.3. The number of hydrogen-bond donors (Lipinski definition) is 0. The third-order valence-corrected chi connectivity index (χ3v) is 3.19. The number of rotatable bonds is 11. The molecule has 0 aromatic heterocycles. The Morgan fingerprint density at radius 1 is 0.733 bits per heavy atom. The van der Waals surface area contributed by atoms with Crippen LogP contribution in [0.15, 0.2) is 11.1 Å². The van der Waals surface area contributed by atoms with Crippen LogP contribution in [0.2, 0.25) is 0 Å². The van der Waals surface area contributed by atoms with Gasteiger partial charge in [0.1, 0.15) is 0 Å². The van der Waals surface area contributed by atoms with Crippen molar-refractivity contribution in [3.05, 3.63) is 11.1 Å². The van der Waals surface area contributed by atoms with Crippen LogP contribution < -0.4 is 0 Å². The Balaban J connectivity index is 2.86. The molecule has 0 spiro atoms. The molecular weight excluding hydrogens is 248 g/mol. The molecule has 0 N–H and O–H groups in total. The van der Waals surface area contributed by atoms with Gasteiger partial charge >= 0.3 is 0 Å². The standard InChI is InChI=1S/C14H27Br/c1-2-3-4-5-6-7-8-9-10-11-12-13-14-15/h13-14H,2-12H2,1H3. The predicted molar refractivity (Wildman–Crippen MR) is 74.5 cm³/mol. The molecule has 0 amide bonds. The lowest BCUT2D eigenvalue weighted by molar-refractivity contribution is 0.557. The smallest absolute Gasteiger partial charge is 0.0229 e. The third-order valence-electron chi connectivity index (χ3n) is 2.81. The van der Waals surface area contributed by atoms with Crippen LogP contribution in [-0.2, 0) is 0 Å². The van der Waals surface area contributed by atoms with E-state index in [1.165, 1.54) is 70.6 Å². The van der Waals surface area contributed by atoms with Crippen molar-refractivity contribution in [1.82, 2.24) is 0 Å². The van der Waals surface area contributed by atoms with Gasteiger partial charge in [-0.05, 0) is 17.8 Å². The molecule has 1 heteroatoms. The van der Waals surface area contributed by atoms with Crippen molar-refractivity contribution in [2.75, 3.05) is 0 Å². The fourth-order valence-corrected chi connectivity index (χ4v) is 2.08. The van der Waals surface area contributed by atoms with Crippen molar-refractivity contribution in [2.45, 2.75) is 77.6 Å². The summed E-state index contributed by atoms with van der Waals surface area (Å²) in [6.07, 6.45) is 17.7. The Labute approximate surface area is 105 Å². The number of unbranched alkanes of at least 4 members (excludes halogenated alkanes) is 10. The third kappa shape index (κ3) is 14.2. The summed E-state index contributed by atoms with van der Waals surface area (Å²) in [7, 11) is 0. The van der Waals surface area contributed by atoms with Crippen molar-refractivity contribution >= 4 is 15.9 Å². The highest BCUT2D eigenvalue weighted by atomic mass is 79.9. The fraction of sp³-hybridized carbons (Fsp3) is 0.857. The van der Waals surface area contributed by atoms with E-state index < -0.39 is 0 Å². The Kier molecular flexibility index (Phi) is 14.4. The van der Waals surface area contributed by atoms with E-state index in [1.54, 1.807) is 0 Å². The van der Waals surface area contributed by atoms with Crippen LogP contribution in [0, 0.1) is 0 Å². The molecule has 0 nitrogen and oxygen atoms in total. The molecule has 0 saturated carbocycles. The number of allylic oxidation sites excluding steroid dienone is 1. The zero-order valence-corrected chi connectivity index (χ0v) is 11.9. The van der Waals surface area contributed by atoms with E-state index in [1.807, 2.05) is 4.99 Å². The normalized spacial score (nSPS) is 11.3. The van der Waals surface area contributed by atoms with Crippen molar-refractivity contribution in [2.24, 2.45) is 0 Å². The molecule has 0 aliphatic heterocycles. The van der Waals surface area contributed by atoms with Gasteiger partial charge in [-0.1, -0.05) is 86.7 Å². The van der Waals surface area contributed by atoms with Crippen LogP contribution in [-0.4, -0.2) is 0 Å². The second-order valence-electron chi connectivity index (χ2n) is 4.33. The summed E-state index contributed by atoms with van der Waals surface area (Å²) in [5, 5.41) is 0. The molecule has 90 valence electrons. The van der Waals surface area contributed by atoms with Crippen molar-refractivity contribution in [3.63, 3.8) is 0 Å². The second-order valence-corrected chi connectivity index (χ2v) is 4.86. The lowest BCUT2D eigenvalue weighted by Crippen LogP contribution is -1.81. The lowest BCUT2D eigenvalue weighted by Gasteiger charge is -2.01. The van der Waals surface area contributed by atoms with Gasteiger partial charge in [-0.25, -0.2) is 0 Å². The summed E-state index contributed by atoms with van der Waals surface area (Å²) in [4.78, 5) is 1.97. The highest BCUT2D eigenvalue weighted by Crippen LogP contribution is 2.11. The van der Waals surface area contributed by atoms with Crippen molar-refractivity contribution < 1.29 is 0 Å². The first-order chi connectivity index (χ1) is 7.41. The molecule has 0 aromatic rings. The summed E-state index contributed by atoms with van der Waals surface area (Å²) in [5.41, 5.74) is 0. The molecule has 0 saturated heterocycles. The zero-order chi connectivity index (χ0) is 11.2. The summed E-state index contributed by atoms with van der Waals surface area (Å²) in [6, 6.07) is 0. The lowest BCUT2D eigenvalue weighted by atomic mass is 10.1. The minimum atomic E-state index is 1.24. The van der Waals surface area contributed by atoms with Crippen LogP contribution in [0.3, 0.4) is 0 Å². The summed E-state index contributed by atoms with van der Waals surface area (Å²) < 4.78 is 0. The van der Waals surface area contributed by atoms with Gasteiger partial charge < -0.3 is 0 Å². The molecule has 0 radical (unpaired) electrons. The van der Waals surface area contributed by atoms with Crippen LogP contribution in [0.1, 0.15) is 77.6 Å². The van der Waals surface area contributed by atoms with Crippen LogP contribution >= 0.6 is 15.9 Å². The van der Waals surface area contributed by atoms with E-state index >= 15 is 0 Å². The van der Waals surface area contributed by atoms with Gasteiger partial charge in [0.2, 0.25) is 0 Å². The average molecular weight is 275 g/mol. The van der Waals surface area contributed by atoms with E-state index in [4.69, 9.17) is 0 Å². The maximum Gasteiger partial charge on any atom is -0.0229 e. The Hall–Kier alpha value is 0.220. The van der Waals surface area contributed by atoms with Gasteiger partial charge in [-0.3, -0.25) is 0 Å². The molecule has 0 heterocycles. The summed E-state index contributed by atoms with van der Waals surface area (Å²) >= 11 is 3.29. The first-order valence-corrected chi connectivity index (χ1v) is 7.58. The van der Waals surface area contributed by atoms with E-state index in [0.717, 1.165) is 0 Å². The summed E-state index contributed by atoms with van der Waals surface area (Å²) in [6.45, 7) is 2.28. The first kappa shape index (κ1) is 15.2. The minimum Gasteiger partial charge on any atom is -0.0776 e. The predicted octanol–water partition coefficient (Wildman–Crippen LogP) is 6.21. The molecular formula is C14H27Br. The average Bonchev–Trinajstić information content (AvgIpc) is 2.26. The van der Waals surface area contributed by atoms with Crippen molar-refractivity contribution in [1.29, 1.82) is 0 Å². The van der Waals surface area contributed by atoms with Crippen LogP contribution in [0.5, 0.6) is 0 Å². The van der Waals surface area contributed by atoms with E-state index in [2.05, 4.69) is 28.9 Å². The molecule has 0 aliphatic rings. The van der Waals surface area contributed by atoms with Gasteiger partial charge in [0, 0.05) is 0 Å². The molecule has 0 bridgehead atoms. The quantitative estimate of drug-likeness (QED) is 0.393. The summed E-state index contributed by atoms with van der Waals surface area (Å²) in [5.74, 6) is 0. The molecule has 0 fully saturated rings. The fourth-order valence-electron chi connectivity index (χ4n) is 1.81. The van der Waals surface area contributed by atoms with Crippen LogP contribution in [0.25, 0.3) is 0 Å². The molecule has 15 heavy (non-hydrogen) atoms. The van der Waals surface area contributed by atoms with Crippen LogP contribution in [0.4, 0.5) is 0 Å². The highest BCUT2D eigenvalue weighted by molar-refractivity contribution is 9.11. The van der Waals surface area contributed by atoms with Gasteiger partial charge in [0.25, 0.3) is 0 Å². The largest absolute Gasteiger partial charge is 0.0776 e. The molecule has 0 unspecified atom stereocenters. The van der Waals surface area contributed by atoms with Gasteiger partial charge in [-0.2, -0.15) is 0 Å². The minimum absolute atomic E-state index is 1.24. The van der Waals surface area contributed by atoms with Gasteiger partial charge in [-0.15, -0.1) is 0 Å². The maximum absolute atomic E-state index is 3.29. The van der Waals surface area contributed by atoms with Crippen molar-refractivity contribution in [3.8, 4) is 0 Å². The van der Waals surface area contributed by atoms with Gasteiger partial charge in [0.15, 0.2) is 0 Å². The maximum atomic E-state index is 3.29. The topological polar surface area (TPSA) is 0 Å². The molecule has 0 aliphatic carbocycles. The Bertz CT molecular complexity index is 129. The van der Waals surface area contributed by atoms with E-state index in [-0.39, 0.29) is 0 Å². The molecule has 0 rings (SSSR count). The molecule has 0 aromatic carbocycles.